The summed E-state index contributed by atoms with van der Waals surface area (Å²) in [5, 5.41) is 7.28. The van der Waals surface area contributed by atoms with Crippen LogP contribution in [0.4, 0.5) is 0 Å². The quantitative estimate of drug-likeness (QED) is 0.735. The van der Waals surface area contributed by atoms with Gasteiger partial charge >= 0.3 is 0 Å². The first-order chi connectivity index (χ1) is 9.51. The van der Waals surface area contributed by atoms with Gasteiger partial charge in [-0.3, -0.25) is 4.68 Å². The molecule has 1 aromatic rings. The third-order valence-corrected chi connectivity index (χ3v) is 5.18. The van der Waals surface area contributed by atoms with Crippen LogP contribution in [0, 0.1) is 5.92 Å². The van der Waals surface area contributed by atoms with E-state index in [2.05, 4.69) is 22.1 Å². The standard InChI is InChI=1S/C13H24N4O2S/c1-3-14-6-7-17-10-13(9-15-17)20(18,19)16-12-5-4-11(2)8-12/h9-12,14,16H,3-8H2,1-2H3. The second-order valence-corrected chi connectivity index (χ2v) is 7.24. The maximum atomic E-state index is 12.3. The Kier molecular flexibility index (Phi) is 5.17. The van der Waals surface area contributed by atoms with E-state index in [1.54, 1.807) is 10.9 Å². The predicted octanol–water partition coefficient (Wildman–Crippen LogP) is 0.960. The normalized spacial score (nSPS) is 23.3. The molecule has 1 heterocycles. The van der Waals surface area contributed by atoms with Gasteiger partial charge in [0.2, 0.25) is 10.0 Å². The van der Waals surface area contributed by atoms with Crippen molar-refractivity contribution in [2.24, 2.45) is 5.92 Å². The lowest BCUT2D eigenvalue weighted by Crippen LogP contribution is -2.32. The van der Waals surface area contributed by atoms with Gasteiger partial charge in [-0.25, -0.2) is 13.1 Å². The van der Waals surface area contributed by atoms with Gasteiger partial charge in [-0.1, -0.05) is 13.8 Å². The third-order valence-electron chi connectivity index (χ3n) is 3.70. The van der Waals surface area contributed by atoms with Crippen molar-refractivity contribution in [2.45, 2.75) is 50.6 Å². The van der Waals surface area contributed by atoms with Crippen molar-refractivity contribution < 1.29 is 8.42 Å². The Morgan fingerprint density at radius 3 is 2.90 bits per heavy atom. The first-order valence-electron chi connectivity index (χ1n) is 7.26. The van der Waals surface area contributed by atoms with E-state index >= 15 is 0 Å². The fourth-order valence-corrected chi connectivity index (χ4v) is 3.81. The van der Waals surface area contributed by atoms with Crippen LogP contribution in [0.2, 0.25) is 0 Å². The molecule has 0 radical (unpaired) electrons. The highest BCUT2D eigenvalue weighted by Crippen LogP contribution is 2.25. The minimum absolute atomic E-state index is 0.0695. The molecule has 6 nitrogen and oxygen atoms in total. The Labute approximate surface area is 121 Å². The number of nitrogens with zero attached hydrogens (tertiary/aromatic N) is 2. The molecule has 0 spiro atoms. The van der Waals surface area contributed by atoms with E-state index < -0.39 is 10.0 Å². The summed E-state index contributed by atoms with van der Waals surface area (Å²) in [6.45, 7) is 6.54. The van der Waals surface area contributed by atoms with E-state index in [-0.39, 0.29) is 10.9 Å². The molecule has 0 amide bonds. The highest BCUT2D eigenvalue weighted by molar-refractivity contribution is 7.89. The zero-order chi connectivity index (χ0) is 14.6. The molecule has 0 aromatic carbocycles. The van der Waals surface area contributed by atoms with E-state index in [9.17, 15) is 8.42 Å². The number of likely N-dealkylation sites (N-methyl/N-ethyl adjacent to an activating group) is 1. The summed E-state index contributed by atoms with van der Waals surface area (Å²) >= 11 is 0. The van der Waals surface area contributed by atoms with Crippen LogP contribution in [-0.4, -0.2) is 37.3 Å². The number of nitrogens with one attached hydrogen (secondary N) is 2. The number of rotatable bonds is 7. The Morgan fingerprint density at radius 2 is 2.25 bits per heavy atom. The molecule has 1 aliphatic rings. The maximum Gasteiger partial charge on any atom is 0.243 e. The summed E-state index contributed by atoms with van der Waals surface area (Å²) in [5.41, 5.74) is 0. The van der Waals surface area contributed by atoms with Gasteiger partial charge in [-0.15, -0.1) is 0 Å². The van der Waals surface area contributed by atoms with Gasteiger partial charge in [-0.05, 0) is 31.7 Å². The van der Waals surface area contributed by atoms with Crippen LogP contribution >= 0.6 is 0 Å². The van der Waals surface area contributed by atoms with Crippen LogP contribution in [0.3, 0.4) is 0 Å². The third kappa shape index (κ3) is 4.04. The maximum absolute atomic E-state index is 12.3. The smallest absolute Gasteiger partial charge is 0.243 e. The topological polar surface area (TPSA) is 76.0 Å². The molecule has 1 fully saturated rings. The molecular weight excluding hydrogens is 276 g/mol. The van der Waals surface area contributed by atoms with Crippen LogP contribution in [0.15, 0.2) is 17.3 Å². The van der Waals surface area contributed by atoms with E-state index in [1.807, 2.05) is 6.92 Å². The molecule has 20 heavy (non-hydrogen) atoms. The Balaban J connectivity index is 1.95. The molecule has 1 saturated carbocycles. The fourth-order valence-electron chi connectivity index (χ4n) is 2.58. The summed E-state index contributed by atoms with van der Waals surface area (Å²) in [6, 6.07) is 0.0695. The zero-order valence-electron chi connectivity index (χ0n) is 12.2. The van der Waals surface area contributed by atoms with Gasteiger partial charge < -0.3 is 5.32 Å². The van der Waals surface area contributed by atoms with Gasteiger partial charge in [0.1, 0.15) is 4.90 Å². The summed E-state index contributed by atoms with van der Waals surface area (Å²) < 4.78 is 29.0. The van der Waals surface area contributed by atoms with Gasteiger partial charge in [0, 0.05) is 18.8 Å². The molecule has 2 atom stereocenters. The van der Waals surface area contributed by atoms with Crippen molar-refractivity contribution in [1.82, 2.24) is 19.8 Å². The summed E-state index contributed by atoms with van der Waals surface area (Å²) in [4.78, 5) is 0.258. The Hall–Kier alpha value is -0.920. The van der Waals surface area contributed by atoms with Crippen molar-refractivity contribution in [3.63, 3.8) is 0 Å². The number of aromatic nitrogens is 2. The summed E-state index contributed by atoms with van der Waals surface area (Å²) in [5.74, 6) is 0.602. The lowest BCUT2D eigenvalue weighted by atomic mass is 10.1. The highest BCUT2D eigenvalue weighted by Gasteiger charge is 2.27. The monoisotopic (exact) mass is 300 g/mol. The summed E-state index contributed by atoms with van der Waals surface area (Å²) in [6.07, 6.45) is 5.96. The van der Waals surface area contributed by atoms with Crippen molar-refractivity contribution in [1.29, 1.82) is 0 Å². The van der Waals surface area contributed by atoms with Gasteiger partial charge in [0.25, 0.3) is 0 Å². The lowest BCUT2D eigenvalue weighted by molar-refractivity contribution is 0.537. The average molecular weight is 300 g/mol. The van der Waals surface area contributed by atoms with Crippen LogP contribution in [0.1, 0.15) is 33.1 Å². The Morgan fingerprint density at radius 1 is 1.45 bits per heavy atom. The highest BCUT2D eigenvalue weighted by atomic mass is 32.2. The Bertz CT molecular complexity index is 526. The van der Waals surface area contributed by atoms with Gasteiger partial charge in [0.15, 0.2) is 0 Å². The van der Waals surface area contributed by atoms with Crippen LogP contribution in [0.5, 0.6) is 0 Å². The van der Waals surface area contributed by atoms with E-state index in [0.29, 0.717) is 12.5 Å². The average Bonchev–Trinajstić information content (AvgIpc) is 2.99. The minimum atomic E-state index is -3.43. The molecule has 0 saturated heterocycles. The van der Waals surface area contributed by atoms with Crippen molar-refractivity contribution in [2.75, 3.05) is 13.1 Å². The largest absolute Gasteiger partial charge is 0.315 e. The number of sulfonamides is 1. The second kappa shape index (κ2) is 6.69. The molecular formula is C13H24N4O2S. The first-order valence-corrected chi connectivity index (χ1v) is 8.75. The molecule has 0 bridgehead atoms. The van der Waals surface area contributed by atoms with E-state index in [0.717, 1.165) is 32.4 Å². The fraction of sp³-hybridized carbons (Fsp3) is 0.769. The molecule has 2 unspecified atom stereocenters. The van der Waals surface area contributed by atoms with Crippen molar-refractivity contribution in [3.8, 4) is 0 Å². The second-order valence-electron chi connectivity index (χ2n) is 5.53. The van der Waals surface area contributed by atoms with Crippen LogP contribution in [0.25, 0.3) is 0 Å². The SMILES string of the molecule is CCNCCn1cc(S(=O)(=O)NC2CCC(C)C2)cn1. The molecule has 1 aliphatic carbocycles. The summed E-state index contributed by atoms with van der Waals surface area (Å²) in [7, 11) is -3.43. The minimum Gasteiger partial charge on any atom is -0.315 e. The first kappa shape index (κ1) is 15.5. The number of hydrogen-bond donors (Lipinski definition) is 2. The number of hydrogen-bond acceptors (Lipinski definition) is 4. The van der Waals surface area contributed by atoms with Gasteiger partial charge in [-0.2, -0.15) is 5.10 Å². The molecule has 114 valence electrons. The van der Waals surface area contributed by atoms with Crippen molar-refractivity contribution in [3.05, 3.63) is 12.4 Å². The molecule has 2 rings (SSSR count). The lowest BCUT2D eigenvalue weighted by Gasteiger charge is -2.11. The molecule has 7 heteroatoms. The van der Waals surface area contributed by atoms with E-state index in [4.69, 9.17) is 0 Å². The van der Waals surface area contributed by atoms with Crippen LogP contribution in [-0.2, 0) is 16.6 Å². The molecule has 0 aliphatic heterocycles. The zero-order valence-corrected chi connectivity index (χ0v) is 13.0. The predicted molar refractivity (Wildman–Crippen MR) is 77.9 cm³/mol. The molecule has 2 N–H and O–H groups in total. The van der Waals surface area contributed by atoms with Crippen LogP contribution < -0.4 is 10.0 Å². The van der Waals surface area contributed by atoms with E-state index in [1.165, 1.54) is 6.20 Å². The van der Waals surface area contributed by atoms with Gasteiger partial charge in [0.05, 0.1) is 12.7 Å². The van der Waals surface area contributed by atoms with Crippen molar-refractivity contribution >= 4 is 10.0 Å². The molecule has 1 aromatic heterocycles.